The summed E-state index contributed by atoms with van der Waals surface area (Å²) < 4.78 is 0. The van der Waals surface area contributed by atoms with Gasteiger partial charge in [0.05, 0.1) is 5.33 Å². The van der Waals surface area contributed by atoms with Crippen LogP contribution in [0.15, 0.2) is 30.3 Å². The smallest absolute Gasteiger partial charge is 0.217 e. The van der Waals surface area contributed by atoms with Gasteiger partial charge in [-0.1, -0.05) is 46.3 Å². The molecule has 0 fully saturated rings. The van der Waals surface area contributed by atoms with Crippen molar-refractivity contribution in [1.82, 2.24) is 5.32 Å². The minimum Gasteiger partial charge on any atom is -0.340 e. The number of benzene rings is 1. The fourth-order valence-corrected chi connectivity index (χ4v) is 2.12. The van der Waals surface area contributed by atoms with Crippen LogP contribution in [-0.2, 0) is 15.1 Å². The number of hydrogen-bond acceptors (Lipinski definition) is 2. The second-order valence-corrected chi connectivity index (χ2v) is 4.29. The number of halogens is 1. The van der Waals surface area contributed by atoms with Crippen LogP contribution in [0.4, 0.5) is 0 Å². The highest BCUT2D eigenvalue weighted by Crippen LogP contribution is 2.22. The van der Waals surface area contributed by atoms with E-state index < -0.39 is 5.54 Å². The Morgan fingerprint density at radius 2 is 1.88 bits per heavy atom. The molecule has 0 aliphatic heterocycles. The molecule has 1 aromatic carbocycles. The zero-order valence-corrected chi connectivity index (χ0v) is 10.9. The van der Waals surface area contributed by atoms with E-state index in [1.807, 2.05) is 30.3 Å². The van der Waals surface area contributed by atoms with E-state index in [9.17, 15) is 9.59 Å². The van der Waals surface area contributed by atoms with Gasteiger partial charge in [-0.3, -0.25) is 9.59 Å². The number of amides is 1. The van der Waals surface area contributed by atoms with Crippen molar-refractivity contribution < 1.29 is 9.59 Å². The van der Waals surface area contributed by atoms with Crippen LogP contribution < -0.4 is 5.32 Å². The molecule has 4 heteroatoms. The number of carbonyl (C=O) groups excluding carboxylic acids is 2. The molecule has 1 amide bonds. The van der Waals surface area contributed by atoms with Crippen LogP contribution in [0.25, 0.3) is 0 Å². The highest BCUT2D eigenvalue weighted by molar-refractivity contribution is 9.09. The molecule has 1 atom stereocenters. The highest BCUT2D eigenvalue weighted by atomic mass is 79.9. The van der Waals surface area contributed by atoms with E-state index in [0.717, 1.165) is 5.56 Å². The number of rotatable bonds is 4. The number of carbonyl (C=O) groups is 2. The lowest BCUT2D eigenvalue weighted by molar-refractivity contribution is -0.129. The minimum absolute atomic E-state index is 0.0751. The van der Waals surface area contributed by atoms with Crippen LogP contribution in [0.5, 0.6) is 0 Å². The van der Waals surface area contributed by atoms with Crippen LogP contribution >= 0.6 is 15.9 Å². The molecule has 16 heavy (non-hydrogen) atoms. The largest absolute Gasteiger partial charge is 0.340 e. The van der Waals surface area contributed by atoms with Gasteiger partial charge in [-0.2, -0.15) is 0 Å². The first-order chi connectivity index (χ1) is 7.50. The average molecular weight is 284 g/mol. The van der Waals surface area contributed by atoms with Crippen LogP contribution in [0, 0.1) is 0 Å². The molecular formula is C12H14BrNO2. The third-order valence-corrected chi connectivity index (χ3v) is 2.97. The SMILES string of the molecule is CC(=O)NC(C)(C(=O)CBr)c1ccccc1. The second-order valence-electron chi connectivity index (χ2n) is 3.73. The maximum atomic E-state index is 11.9. The summed E-state index contributed by atoms with van der Waals surface area (Å²) in [6, 6.07) is 9.22. The van der Waals surface area contributed by atoms with Crippen molar-refractivity contribution in [2.75, 3.05) is 5.33 Å². The monoisotopic (exact) mass is 283 g/mol. The third kappa shape index (κ3) is 2.70. The van der Waals surface area contributed by atoms with Gasteiger partial charge in [0, 0.05) is 6.92 Å². The summed E-state index contributed by atoms with van der Waals surface area (Å²) in [6.07, 6.45) is 0. The zero-order valence-electron chi connectivity index (χ0n) is 9.29. The Kier molecular flexibility index (Phi) is 4.24. The first-order valence-corrected chi connectivity index (χ1v) is 6.06. The topological polar surface area (TPSA) is 46.2 Å². The highest BCUT2D eigenvalue weighted by Gasteiger charge is 2.34. The summed E-state index contributed by atoms with van der Waals surface area (Å²) in [5, 5.41) is 2.91. The standard InChI is InChI=1S/C12H14BrNO2/c1-9(15)14-12(2,11(16)8-13)10-6-4-3-5-7-10/h3-7H,8H2,1-2H3,(H,14,15). The molecule has 1 rings (SSSR count). The molecular weight excluding hydrogens is 270 g/mol. The van der Waals surface area contributed by atoms with Gasteiger partial charge in [0.1, 0.15) is 5.54 Å². The molecule has 3 nitrogen and oxygen atoms in total. The quantitative estimate of drug-likeness (QED) is 0.860. The predicted octanol–water partition coefficient (Wildman–Crippen LogP) is 2.00. The van der Waals surface area contributed by atoms with E-state index in [1.54, 1.807) is 6.92 Å². The maximum absolute atomic E-state index is 11.9. The third-order valence-electron chi connectivity index (χ3n) is 2.46. The van der Waals surface area contributed by atoms with Gasteiger partial charge >= 0.3 is 0 Å². The van der Waals surface area contributed by atoms with Crippen LogP contribution in [0.3, 0.4) is 0 Å². The van der Waals surface area contributed by atoms with E-state index in [4.69, 9.17) is 0 Å². The Hall–Kier alpha value is -1.16. The van der Waals surface area contributed by atoms with Gasteiger partial charge in [-0.15, -0.1) is 0 Å². The molecule has 1 unspecified atom stereocenters. The van der Waals surface area contributed by atoms with Crippen LogP contribution in [0.1, 0.15) is 19.4 Å². The van der Waals surface area contributed by atoms with Gasteiger partial charge in [0.2, 0.25) is 5.91 Å². The second kappa shape index (κ2) is 5.25. The molecule has 0 saturated carbocycles. The van der Waals surface area contributed by atoms with E-state index in [1.165, 1.54) is 6.92 Å². The molecule has 0 saturated heterocycles. The van der Waals surface area contributed by atoms with E-state index in [0.29, 0.717) is 0 Å². The van der Waals surface area contributed by atoms with E-state index >= 15 is 0 Å². The first-order valence-electron chi connectivity index (χ1n) is 4.94. The summed E-state index contributed by atoms with van der Waals surface area (Å²) in [5.74, 6) is -0.297. The van der Waals surface area contributed by atoms with Crippen LogP contribution in [0.2, 0.25) is 0 Å². The van der Waals surface area contributed by atoms with Gasteiger partial charge in [0.25, 0.3) is 0 Å². The lowest BCUT2D eigenvalue weighted by Gasteiger charge is -2.28. The molecule has 1 N–H and O–H groups in total. The Balaban J connectivity index is 3.14. The van der Waals surface area contributed by atoms with Crippen molar-refractivity contribution in [3.8, 4) is 0 Å². The maximum Gasteiger partial charge on any atom is 0.217 e. The van der Waals surface area contributed by atoms with Crippen LogP contribution in [-0.4, -0.2) is 17.0 Å². The molecule has 86 valence electrons. The summed E-state index contributed by atoms with van der Waals surface area (Å²) in [7, 11) is 0. The lowest BCUT2D eigenvalue weighted by atomic mass is 9.88. The summed E-state index contributed by atoms with van der Waals surface area (Å²) in [5.41, 5.74) is -0.175. The van der Waals surface area contributed by atoms with Gasteiger partial charge in [-0.05, 0) is 12.5 Å². The Morgan fingerprint density at radius 3 is 2.31 bits per heavy atom. The lowest BCUT2D eigenvalue weighted by Crippen LogP contribution is -2.49. The Labute approximate surface area is 103 Å². The van der Waals surface area contributed by atoms with Gasteiger partial charge in [-0.25, -0.2) is 0 Å². The van der Waals surface area contributed by atoms with Crippen molar-refractivity contribution >= 4 is 27.6 Å². The molecule has 0 heterocycles. The number of alkyl halides is 1. The number of nitrogens with one attached hydrogen (secondary N) is 1. The molecule has 0 aliphatic carbocycles. The van der Waals surface area contributed by atoms with Crippen molar-refractivity contribution in [1.29, 1.82) is 0 Å². The van der Waals surface area contributed by atoms with Crippen molar-refractivity contribution in [3.63, 3.8) is 0 Å². The zero-order chi connectivity index (χ0) is 12.2. The molecule has 0 aliphatic rings. The van der Waals surface area contributed by atoms with Crippen molar-refractivity contribution in [3.05, 3.63) is 35.9 Å². The van der Waals surface area contributed by atoms with Gasteiger partial charge in [0.15, 0.2) is 5.78 Å². The van der Waals surface area contributed by atoms with E-state index in [-0.39, 0.29) is 17.0 Å². The molecule has 1 aromatic rings. The molecule has 0 spiro atoms. The first kappa shape index (κ1) is 12.9. The number of Topliss-reactive ketones (excluding diaryl/α,β-unsaturated/α-hetero) is 1. The van der Waals surface area contributed by atoms with E-state index in [2.05, 4.69) is 21.2 Å². The molecule has 0 bridgehead atoms. The summed E-state index contributed by atoms with van der Waals surface area (Å²) in [6.45, 7) is 3.12. The number of ketones is 1. The normalized spacial score (nSPS) is 13.9. The fraction of sp³-hybridized carbons (Fsp3) is 0.333. The van der Waals surface area contributed by atoms with Gasteiger partial charge < -0.3 is 5.32 Å². The number of hydrogen-bond donors (Lipinski definition) is 1. The predicted molar refractivity (Wildman–Crippen MR) is 66.4 cm³/mol. The summed E-state index contributed by atoms with van der Waals surface area (Å²) >= 11 is 3.14. The summed E-state index contributed by atoms with van der Waals surface area (Å²) in [4.78, 5) is 23.1. The Bertz CT molecular complexity index is 391. The van der Waals surface area contributed by atoms with Crippen molar-refractivity contribution in [2.24, 2.45) is 0 Å². The minimum atomic E-state index is -0.962. The Morgan fingerprint density at radius 1 is 1.31 bits per heavy atom. The molecule has 0 aromatic heterocycles. The fourth-order valence-electron chi connectivity index (χ4n) is 1.56. The molecule has 0 radical (unpaired) electrons. The average Bonchev–Trinajstić information content (AvgIpc) is 2.28. The van der Waals surface area contributed by atoms with Crippen molar-refractivity contribution in [2.45, 2.75) is 19.4 Å².